The largest absolute Gasteiger partial charge is 0.399 e. The van der Waals surface area contributed by atoms with Crippen molar-refractivity contribution in [2.24, 2.45) is 0 Å². The Kier molecular flexibility index (Phi) is 3.87. The molecule has 0 unspecified atom stereocenters. The fourth-order valence-corrected chi connectivity index (χ4v) is 2.86. The van der Waals surface area contributed by atoms with E-state index in [1.165, 1.54) is 0 Å². The van der Waals surface area contributed by atoms with Gasteiger partial charge in [0.2, 0.25) is 10.0 Å². The number of sulfonamides is 1. The van der Waals surface area contributed by atoms with Crippen LogP contribution in [0.2, 0.25) is 0 Å². The molecule has 0 bridgehead atoms. The molecule has 5 heteroatoms. The monoisotopic (exact) mass is 276 g/mol. The third kappa shape index (κ3) is 3.13. The van der Waals surface area contributed by atoms with Crippen molar-refractivity contribution in [2.45, 2.75) is 11.8 Å². The highest BCUT2D eigenvalue weighted by atomic mass is 32.2. The smallest absolute Gasteiger partial charge is 0.240 e. The fourth-order valence-electron chi connectivity index (χ4n) is 1.82. The van der Waals surface area contributed by atoms with E-state index < -0.39 is 10.0 Å². The van der Waals surface area contributed by atoms with Crippen LogP contribution < -0.4 is 10.5 Å². The van der Waals surface area contributed by atoms with Crippen molar-refractivity contribution in [1.82, 2.24) is 4.72 Å². The predicted octanol–water partition coefficient (Wildman–Crippen LogP) is 2.23. The molecule has 100 valence electrons. The summed E-state index contributed by atoms with van der Waals surface area (Å²) >= 11 is 0. The number of nitrogens with two attached hydrogens (primary N) is 1. The third-order valence-electron chi connectivity index (χ3n) is 2.72. The summed E-state index contributed by atoms with van der Waals surface area (Å²) in [5.74, 6) is 0. The standard InChI is InChI=1S/C14H16N2O2S/c1-2-16-19(17,18)14-8-6-11(7-9-14)12-4-3-5-13(15)10-12/h3-10,16H,2,15H2,1H3. The van der Waals surface area contributed by atoms with E-state index >= 15 is 0 Å². The van der Waals surface area contributed by atoms with Crippen LogP contribution in [0, 0.1) is 0 Å². The lowest BCUT2D eigenvalue weighted by Crippen LogP contribution is -2.22. The number of rotatable bonds is 4. The number of benzene rings is 2. The van der Waals surface area contributed by atoms with Crippen LogP contribution in [-0.2, 0) is 10.0 Å². The molecule has 4 nitrogen and oxygen atoms in total. The highest BCUT2D eigenvalue weighted by Crippen LogP contribution is 2.22. The number of nitrogens with one attached hydrogen (secondary N) is 1. The van der Waals surface area contributed by atoms with Crippen molar-refractivity contribution < 1.29 is 8.42 Å². The summed E-state index contributed by atoms with van der Waals surface area (Å²) in [5.41, 5.74) is 8.31. The second-order valence-electron chi connectivity index (χ2n) is 4.15. The molecule has 0 fully saturated rings. The maximum absolute atomic E-state index is 11.8. The number of hydrogen-bond donors (Lipinski definition) is 2. The van der Waals surface area contributed by atoms with Crippen molar-refractivity contribution in [2.75, 3.05) is 12.3 Å². The van der Waals surface area contributed by atoms with Crippen LogP contribution in [0.15, 0.2) is 53.4 Å². The molecule has 0 aromatic heterocycles. The first-order valence-corrected chi connectivity index (χ1v) is 7.47. The Bertz CT molecular complexity index is 664. The highest BCUT2D eigenvalue weighted by molar-refractivity contribution is 7.89. The molecule has 0 spiro atoms. The normalized spacial score (nSPS) is 11.4. The summed E-state index contributed by atoms with van der Waals surface area (Å²) in [6.45, 7) is 2.12. The molecule has 0 saturated heterocycles. The highest BCUT2D eigenvalue weighted by Gasteiger charge is 2.12. The average Bonchev–Trinajstić information content (AvgIpc) is 2.39. The fraction of sp³-hybridized carbons (Fsp3) is 0.143. The molecule has 0 aliphatic heterocycles. The number of anilines is 1. The topological polar surface area (TPSA) is 72.2 Å². The van der Waals surface area contributed by atoms with Gasteiger partial charge in [-0.15, -0.1) is 0 Å². The van der Waals surface area contributed by atoms with Crippen LogP contribution >= 0.6 is 0 Å². The minimum Gasteiger partial charge on any atom is -0.399 e. The first-order chi connectivity index (χ1) is 9.03. The minimum atomic E-state index is -3.39. The van der Waals surface area contributed by atoms with E-state index in [0.717, 1.165) is 11.1 Å². The lowest BCUT2D eigenvalue weighted by molar-refractivity contribution is 0.584. The van der Waals surface area contributed by atoms with Crippen LogP contribution in [-0.4, -0.2) is 15.0 Å². The van der Waals surface area contributed by atoms with Crippen molar-refractivity contribution in [3.63, 3.8) is 0 Å². The van der Waals surface area contributed by atoms with Gasteiger partial charge in [0.1, 0.15) is 0 Å². The van der Waals surface area contributed by atoms with E-state index in [1.807, 2.05) is 24.3 Å². The summed E-state index contributed by atoms with van der Waals surface area (Å²) < 4.78 is 26.1. The molecule has 3 N–H and O–H groups in total. The van der Waals surface area contributed by atoms with Crippen LogP contribution in [0.5, 0.6) is 0 Å². The van der Waals surface area contributed by atoms with E-state index in [-0.39, 0.29) is 4.90 Å². The Morgan fingerprint density at radius 3 is 2.32 bits per heavy atom. The molecule has 2 aromatic carbocycles. The molecule has 19 heavy (non-hydrogen) atoms. The van der Waals surface area contributed by atoms with Gasteiger partial charge in [-0.3, -0.25) is 0 Å². The van der Waals surface area contributed by atoms with Gasteiger partial charge in [-0.2, -0.15) is 0 Å². The third-order valence-corrected chi connectivity index (χ3v) is 4.28. The van der Waals surface area contributed by atoms with Crippen molar-refractivity contribution >= 4 is 15.7 Å². The maximum atomic E-state index is 11.8. The Morgan fingerprint density at radius 2 is 1.74 bits per heavy atom. The Hall–Kier alpha value is -1.85. The first kappa shape index (κ1) is 13.6. The van der Waals surface area contributed by atoms with Gasteiger partial charge in [-0.1, -0.05) is 31.2 Å². The lowest BCUT2D eigenvalue weighted by Gasteiger charge is -2.06. The van der Waals surface area contributed by atoms with E-state index in [9.17, 15) is 8.42 Å². The molecule has 0 aliphatic carbocycles. The summed E-state index contributed by atoms with van der Waals surface area (Å²) in [4.78, 5) is 0.266. The molecule has 0 amide bonds. The van der Waals surface area contributed by atoms with E-state index in [4.69, 9.17) is 5.73 Å². The second-order valence-corrected chi connectivity index (χ2v) is 5.92. The van der Waals surface area contributed by atoms with E-state index in [1.54, 1.807) is 31.2 Å². The van der Waals surface area contributed by atoms with Gasteiger partial charge in [-0.05, 0) is 35.4 Å². The van der Waals surface area contributed by atoms with Gasteiger partial charge in [0.05, 0.1) is 4.90 Å². The molecule has 0 saturated carbocycles. The SMILES string of the molecule is CCNS(=O)(=O)c1ccc(-c2cccc(N)c2)cc1. The first-order valence-electron chi connectivity index (χ1n) is 5.98. The van der Waals surface area contributed by atoms with Gasteiger partial charge < -0.3 is 5.73 Å². The average molecular weight is 276 g/mol. The van der Waals surface area contributed by atoms with Gasteiger partial charge in [0.25, 0.3) is 0 Å². The Morgan fingerprint density at radius 1 is 1.05 bits per heavy atom. The van der Waals surface area contributed by atoms with Gasteiger partial charge >= 0.3 is 0 Å². The zero-order valence-electron chi connectivity index (χ0n) is 10.6. The molecule has 0 radical (unpaired) electrons. The molecule has 0 aliphatic rings. The van der Waals surface area contributed by atoms with Crippen LogP contribution in [0.1, 0.15) is 6.92 Å². The molecular formula is C14H16N2O2S. The van der Waals surface area contributed by atoms with E-state index in [0.29, 0.717) is 12.2 Å². The lowest BCUT2D eigenvalue weighted by atomic mass is 10.1. The maximum Gasteiger partial charge on any atom is 0.240 e. The van der Waals surface area contributed by atoms with Crippen molar-refractivity contribution in [3.05, 3.63) is 48.5 Å². The Labute approximate surface area is 113 Å². The summed E-state index contributed by atoms with van der Waals surface area (Å²) in [6.07, 6.45) is 0. The summed E-state index contributed by atoms with van der Waals surface area (Å²) in [5, 5.41) is 0. The van der Waals surface area contributed by atoms with E-state index in [2.05, 4.69) is 4.72 Å². The predicted molar refractivity (Wildman–Crippen MR) is 77.2 cm³/mol. The molecule has 0 heterocycles. The number of hydrogen-bond acceptors (Lipinski definition) is 3. The van der Waals surface area contributed by atoms with Crippen molar-refractivity contribution in [1.29, 1.82) is 0 Å². The molecule has 2 aromatic rings. The van der Waals surface area contributed by atoms with Crippen LogP contribution in [0.3, 0.4) is 0 Å². The number of nitrogen functional groups attached to an aromatic ring is 1. The summed E-state index contributed by atoms with van der Waals surface area (Å²) in [6, 6.07) is 14.2. The molecule has 0 atom stereocenters. The van der Waals surface area contributed by atoms with Crippen molar-refractivity contribution in [3.8, 4) is 11.1 Å². The minimum absolute atomic E-state index is 0.266. The van der Waals surface area contributed by atoms with Gasteiger partial charge in [0.15, 0.2) is 0 Å². The zero-order valence-corrected chi connectivity index (χ0v) is 11.4. The Balaban J connectivity index is 2.34. The molecular weight excluding hydrogens is 260 g/mol. The zero-order chi connectivity index (χ0) is 13.9. The van der Waals surface area contributed by atoms with Gasteiger partial charge in [0, 0.05) is 12.2 Å². The second kappa shape index (κ2) is 5.42. The van der Waals surface area contributed by atoms with Crippen LogP contribution in [0.4, 0.5) is 5.69 Å². The molecule has 2 rings (SSSR count). The summed E-state index contributed by atoms with van der Waals surface area (Å²) in [7, 11) is -3.39. The van der Waals surface area contributed by atoms with Gasteiger partial charge in [-0.25, -0.2) is 13.1 Å². The quantitative estimate of drug-likeness (QED) is 0.841. The van der Waals surface area contributed by atoms with Crippen LogP contribution in [0.25, 0.3) is 11.1 Å².